The Balaban J connectivity index is 2.02. The summed E-state index contributed by atoms with van der Waals surface area (Å²) in [6.07, 6.45) is 1.51. The lowest BCUT2D eigenvalue weighted by Crippen LogP contribution is -2.44. The first kappa shape index (κ1) is 14.4. The minimum absolute atomic E-state index is 0.0723. The van der Waals surface area contributed by atoms with Crippen molar-refractivity contribution in [2.75, 3.05) is 29.4 Å². The van der Waals surface area contributed by atoms with Crippen molar-refractivity contribution >= 4 is 17.3 Å². The van der Waals surface area contributed by atoms with Gasteiger partial charge in [-0.25, -0.2) is 0 Å². The van der Waals surface area contributed by atoms with Gasteiger partial charge >= 0.3 is 0 Å². The molecule has 0 saturated heterocycles. The number of likely N-dealkylation sites (N-methyl/N-ethyl adjacent to an activating group) is 1. The zero-order chi connectivity index (χ0) is 15.7. The van der Waals surface area contributed by atoms with Crippen LogP contribution in [0.15, 0.2) is 41.3 Å². The Labute approximate surface area is 129 Å². The summed E-state index contributed by atoms with van der Waals surface area (Å²) in [4.78, 5) is 30.9. The summed E-state index contributed by atoms with van der Waals surface area (Å²) in [6, 6.07) is 9.40. The minimum Gasteiger partial charge on any atom is -0.368 e. The molecule has 1 N–H and O–H groups in total. The zero-order valence-electron chi connectivity index (χ0n) is 12.8. The van der Waals surface area contributed by atoms with E-state index in [0.29, 0.717) is 17.7 Å². The fraction of sp³-hybridized carbons (Fsp3) is 0.294. The van der Waals surface area contributed by atoms with Gasteiger partial charge in [0.05, 0.1) is 16.9 Å². The molecule has 0 radical (unpaired) electrons. The molecule has 2 aromatic rings. The van der Waals surface area contributed by atoms with Crippen molar-refractivity contribution in [1.82, 2.24) is 4.98 Å². The molecule has 5 heteroatoms. The number of fused-ring (bicyclic) bond motifs is 1. The first-order valence-corrected chi connectivity index (χ1v) is 7.47. The van der Waals surface area contributed by atoms with Gasteiger partial charge in [-0.2, -0.15) is 0 Å². The van der Waals surface area contributed by atoms with Crippen molar-refractivity contribution in [3.63, 3.8) is 0 Å². The second kappa shape index (κ2) is 5.67. The number of para-hydroxylation sites is 2. The van der Waals surface area contributed by atoms with E-state index < -0.39 is 0 Å². The smallest absolute Gasteiger partial charge is 0.260 e. The number of aryl methyl sites for hydroxylation is 1. The van der Waals surface area contributed by atoms with Gasteiger partial charge in [-0.3, -0.25) is 9.59 Å². The normalized spacial score (nSPS) is 13.9. The van der Waals surface area contributed by atoms with Gasteiger partial charge in [-0.1, -0.05) is 12.1 Å². The predicted molar refractivity (Wildman–Crippen MR) is 87.8 cm³/mol. The molecule has 5 nitrogen and oxygen atoms in total. The van der Waals surface area contributed by atoms with Crippen molar-refractivity contribution in [2.24, 2.45) is 0 Å². The highest BCUT2D eigenvalue weighted by molar-refractivity contribution is 6.09. The van der Waals surface area contributed by atoms with Crippen LogP contribution in [0.25, 0.3) is 0 Å². The molecule has 2 heterocycles. The largest absolute Gasteiger partial charge is 0.368 e. The van der Waals surface area contributed by atoms with Crippen LogP contribution in [-0.4, -0.2) is 30.5 Å². The number of amides is 1. The van der Waals surface area contributed by atoms with Crippen molar-refractivity contribution in [3.05, 3.63) is 58.0 Å². The number of aromatic amines is 1. The second-order valence-electron chi connectivity index (χ2n) is 5.42. The van der Waals surface area contributed by atoms with Gasteiger partial charge in [-0.05, 0) is 31.5 Å². The van der Waals surface area contributed by atoms with E-state index in [9.17, 15) is 9.59 Å². The summed E-state index contributed by atoms with van der Waals surface area (Å²) in [5.74, 6) is -0.0723. The average molecular weight is 297 g/mol. The lowest BCUT2D eigenvalue weighted by molar-refractivity contribution is 0.0985. The van der Waals surface area contributed by atoms with Crippen LogP contribution < -0.4 is 15.4 Å². The lowest BCUT2D eigenvalue weighted by Gasteiger charge is -2.37. The molecule has 22 heavy (non-hydrogen) atoms. The number of carbonyl (C=O) groups excluding carboxylic acids is 1. The molecule has 114 valence electrons. The molecular weight excluding hydrogens is 278 g/mol. The van der Waals surface area contributed by atoms with Crippen LogP contribution in [0, 0.1) is 6.92 Å². The molecule has 0 aliphatic carbocycles. The third-order valence-electron chi connectivity index (χ3n) is 4.10. The molecule has 3 rings (SSSR count). The van der Waals surface area contributed by atoms with Gasteiger partial charge in [0.2, 0.25) is 5.56 Å². The quantitative estimate of drug-likeness (QED) is 0.924. The molecule has 0 saturated carbocycles. The number of aromatic nitrogens is 1. The van der Waals surface area contributed by atoms with Crippen LogP contribution >= 0.6 is 0 Å². The standard InChI is InChI=1S/C17H19N3O2/c1-3-19-8-9-20(15-7-5-4-6-14(15)19)17(22)13-11-18-16(21)10-12(13)2/h4-7,10-11H,3,8-9H2,1-2H3,(H,18,21). The number of rotatable bonds is 2. The fourth-order valence-electron chi connectivity index (χ4n) is 2.91. The average Bonchev–Trinajstić information content (AvgIpc) is 2.53. The Morgan fingerprint density at radius 2 is 1.95 bits per heavy atom. The van der Waals surface area contributed by atoms with Crippen molar-refractivity contribution in [3.8, 4) is 0 Å². The van der Waals surface area contributed by atoms with Gasteiger partial charge in [0.1, 0.15) is 0 Å². The summed E-state index contributed by atoms with van der Waals surface area (Å²) < 4.78 is 0. The lowest BCUT2D eigenvalue weighted by atomic mass is 10.1. The number of carbonyl (C=O) groups is 1. The molecule has 1 aliphatic rings. The summed E-state index contributed by atoms with van der Waals surface area (Å²) in [7, 11) is 0. The van der Waals surface area contributed by atoms with Crippen molar-refractivity contribution < 1.29 is 4.79 Å². The highest BCUT2D eigenvalue weighted by Gasteiger charge is 2.27. The zero-order valence-corrected chi connectivity index (χ0v) is 12.8. The molecule has 0 spiro atoms. The number of H-pyrrole nitrogens is 1. The van der Waals surface area contributed by atoms with Crippen LogP contribution in [0.3, 0.4) is 0 Å². The first-order valence-electron chi connectivity index (χ1n) is 7.47. The summed E-state index contributed by atoms with van der Waals surface area (Å²) in [5, 5.41) is 0. The van der Waals surface area contributed by atoms with E-state index in [1.54, 1.807) is 11.8 Å². The summed E-state index contributed by atoms with van der Waals surface area (Å²) in [5.41, 5.74) is 3.05. The molecular formula is C17H19N3O2. The summed E-state index contributed by atoms with van der Waals surface area (Å²) in [6.45, 7) is 6.26. The number of anilines is 2. The minimum atomic E-state index is -0.190. The Hall–Kier alpha value is -2.56. The molecule has 0 fully saturated rings. The number of benzene rings is 1. The highest BCUT2D eigenvalue weighted by atomic mass is 16.2. The van der Waals surface area contributed by atoms with E-state index in [1.807, 2.05) is 24.3 Å². The topological polar surface area (TPSA) is 56.4 Å². The second-order valence-corrected chi connectivity index (χ2v) is 5.42. The molecule has 1 amide bonds. The van der Waals surface area contributed by atoms with E-state index >= 15 is 0 Å². The van der Waals surface area contributed by atoms with E-state index in [-0.39, 0.29) is 11.5 Å². The van der Waals surface area contributed by atoms with Gasteiger partial charge in [0.25, 0.3) is 5.91 Å². The van der Waals surface area contributed by atoms with Crippen LogP contribution in [-0.2, 0) is 0 Å². The van der Waals surface area contributed by atoms with Gasteiger partial charge in [0.15, 0.2) is 0 Å². The Kier molecular flexibility index (Phi) is 3.71. The third kappa shape index (κ3) is 2.39. The van der Waals surface area contributed by atoms with Crippen molar-refractivity contribution in [1.29, 1.82) is 0 Å². The Morgan fingerprint density at radius 1 is 1.23 bits per heavy atom. The maximum atomic E-state index is 12.9. The fourth-order valence-corrected chi connectivity index (χ4v) is 2.91. The SMILES string of the molecule is CCN1CCN(C(=O)c2c[nH]c(=O)cc2C)c2ccccc21. The van der Waals surface area contributed by atoms with Gasteiger partial charge in [0, 0.05) is 31.9 Å². The van der Waals surface area contributed by atoms with E-state index in [2.05, 4.69) is 16.8 Å². The van der Waals surface area contributed by atoms with E-state index in [4.69, 9.17) is 0 Å². The van der Waals surface area contributed by atoms with Crippen LogP contribution in [0.2, 0.25) is 0 Å². The summed E-state index contributed by atoms with van der Waals surface area (Å²) >= 11 is 0. The van der Waals surface area contributed by atoms with E-state index in [1.165, 1.54) is 12.3 Å². The third-order valence-corrected chi connectivity index (χ3v) is 4.10. The Morgan fingerprint density at radius 3 is 2.64 bits per heavy atom. The predicted octanol–water partition coefficient (Wildman–Crippen LogP) is 2.17. The highest BCUT2D eigenvalue weighted by Crippen LogP contribution is 2.33. The monoisotopic (exact) mass is 297 g/mol. The Bertz CT molecular complexity index is 766. The number of hydrogen-bond donors (Lipinski definition) is 1. The molecule has 1 aromatic carbocycles. The van der Waals surface area contributed by atoms with Crippen LogP contribution in [0.4, 0.5) is 11.4 Å². The maximum absolute atomic E-state index is 12.9. The maximum Gasteiger partial charge on any atom is 0.260 e. The van der Waals surface area contributed by atoms with Crippen molar-refractivity contribution in [2.45, 2.75) is 13.8 Å². The number of hydrogen-bond acceptors (Lipinski definition) is 3. The van der Waals surface area contributed by atoms with Gasteiger partial charge in [-0.15, -0.1) is 0 Å². The number of pyridine rings is 1. The molecule has 1 aliphatic heterocycles. The molecule has 1 aromatic heterocycles. The number of nitrogens with zero attached hydrogens (tertiary/aromatic N) is 2. The molecule has 0 unspecified atom stereocenters. The van der Waals surface area contributed by atoms with Crippen LogP contribution in [0.5, 0.6) is 0 Å². The van der Waals surface area contributed by atoms with E-state index in [0.717, 1.165) is 24.5 Å². The first-order chi connectivity index (χ1) is 10.6. The van der Waals surface area contributed by atoms with Gasteiger partial charge < -0.3 is 14.8 Å². The molecule has 0 atom stereocenters. The number of nitrogens with one attached hydrogen (secondary N) is 1. The van der Waals surface area contributed by atoms with Crippen LogP contribution in [0.1, 0.15) is 22.8 Å². The molecule has 0 bridgehead atoms.